The summed E-state index contributed by atoms with van der Waals surface area (Å²) >= 11 is 6.00. The molecule has 6 heteroatoms. The second-order valence-electron chi connectivity index (χ2n) is 5.81. The summed E-state index contributed by atoms with van der Waals surface area (Å²) in [5.41, 5.74) is 1.47. The van der Waals surface area contributed by atoms with Crippen LogP contribution in [0.3, 0.4) is 0 Å². The molecule has 0 saturated carbocycles. The van der Waals surface area contributed by atoms with Crippen molar-refractivity contribution < 1.29 is 14.3 Å². The Morgan fingerprint density at radius 3 is 2.56 bits per heavy atom. The molecule has 5 nitrogen and oxygen atoms in total. The first-order valence-corrected chi connectivity index (χ1v) is 8.26. The SMILES string of the molecule is COc1cccc(C(CNC(=O)c2cc(Cl)ccc2OC)N(C)C)c1. The molecular weight excluding hydrogens is 340 g/mol. The van der Waals surface area contributed by atoms with E-state index in [4.69, 9.17) is 21.1 Å². The van der Waals surface area contributed by atoms with E-state index in [1.807, 2.05) is 43.3 Å². The first kappa shape index (κ1) is 19.1. The van der Waals surface area contributed by atoms with E-state index in [-0.39, 0.29) is 11.9 Å². The average Bonchev–Trinajstić information content (AvgIpc) is 2.61. The number of hydrogen-bond acceptors (Lipinski definition) is 4. The number of hydrogen-bond donors (Lipinski definition) is 1. The van der Waals surface area contributed by atoms with Crippen LogP contribution in [0.4, 0.5) is 0 Å². The molecule has 2 rings (SSSR count). The number of halogens is 1. The summed E-state index contributed by atoms with van der Waals surface area (Å²) in [4.78, 5) is 14.6. The molecule has 1 amide bonds. The number of rotatable bonds is 7. The number of amides is 1. The summed E-state index contributed by atoms with van der Waals surface area (Å²) in [6.45, 7) is 0.439. The van der Waals surface area contributed by atoms with Crippen LogP contribution in [0, 0.1) is 0 Å². The molecule has 0 radical (unpaired) electrons. The molecular formula is C19H23ClN2O3. The molecule has 0 heterocycles. The third-order valence-electron chi connectivity index (χ3n) is 3.96. The van der Waals surface area contributed by atoms with Gasteiger partial charge < -0.3 is 19.7 Å². The Morgan fingerprint density at radius 2 is 1.92 bits per heavy atom. The largest absolute Gasteiger partial charge is 0.497 e. The van der Waals surface area contributed by atoms with Crippen LogP contribution >= 0.6 is 11.6 Å². The normalized spacial score (nSPS) is 11.9. The van der Waals surface area contributed by atoms with Crippen LogP contribution in [-0.4, -0.2) is 45.7 Å². The Kier molecular flexibility index (Phi) is 6.67. The third kappa shape index (κ3) is 4.87. The van der Waals surface area contributed by atoms with Gasteiger partial charge in [0.2, 0.25) is 0 Å². The second-order valence-corrected chi connectivity index (χ2v) is 6.25. The van der Waals surface area contributed by atoms with Gasteiger partial charge >= 0.3 is 0 Å². The number of ether oxygens (including phenoxy) is 2. The topological polar surface area (TPSA) is 50.8 Å². The maximum atomic E-state index is 12.6. The third-order valence-corrected chi connectivity index (χ3v) is 4.20. The van der Waals surface area contributed by atoms with E-state index in [1.165, 1.54) is 7.11 Å². The van der Waals surface area contributed by atoms with Gasteiger partial charge in [-0.2, -0.15) is 0 Å². The standard InChI is InChI=1S/C19H23ClN2O3/c1-22(2)17(13-6-5-7-15(10-13)24-3)12-21-19(23)16-11-14(20)8-9-18(16)25-4/h5-11,17H,12H2,1-4H3,(H,21,23). The number of methoxy groups -OCH3 is 2. The lowest BCUT2D eigenvalue weighted by Gasteiger charge is -2.25. The van der Waals surface area contributed by atoms with Crippen molar-refractivity contribution in [1.82, 2.24) is 10.2 Å². The molecule has 1 N–H and O–H groups in total. The van der Waals surface area contributed by atoms with Crippen molar-refractivity contribution in [3.05, 3.63) is 58.6 Å². The molecule has 25 heavy (non-hydrogen) atoms. The summed E-state index contributed by atoms with van der Waals surface area (Å²) in [6, 6.07) is 12.8. The van der Waals surface area contributed by atoms with E-state index in [9.17, 15) is 4.79 Å². The Labute approximate surface area is 153 Å². The van der Waals surface area contributed by atoms with Crippen LogP contribution in [-0.2, 0) is 0 Å². The van der Waals surface area contributed by atoms with Gasteiger partial charge in [-0.1, -0.05) is 23.7 Å². The minimum absolute atomic E-state index is 0.00392. The molecule has 0 fully saturated rings. The van der Waals surface area contributed by atoms with E-state index in [0.717, 1.165) is 11.3 Å². The number of benzene rings is 2. The molecule has 0 aliphatic heterocycles. The Morgan fingerprint density at radius 1 is 1.16 bits per heavy atom. The van der Waals surface area contributed by atoms with Crippen molar-refractivity contribution in [3.63, 3.8) is 0 Å². The van der Waals surface area contributed by atoms with Crippen molar-refractivity contribution in [3.8, 4) is 11.5 Å². The van der Waals surface area contributed by atoms with Gasteiger partial charge in [0, 0.05) is 11.6 Å². The van der Waals surface area contributed by atoms with Crippen LogP contribution in [0.1, 0.15) is 22.0 Å². The van der Waals surface area contributed by atoms with Crippen LogP contribution in [0.25, 0.3) is 0 Å². The van der Waals surface area contributed by atoms with Crippen LogP contribution in [0.15, 0.2) is 42.5 Å². The van der Waals surface area contributed by atoms with Crippen molar-refractivity contribution in [2.75, 3.05) is 34.9 Å². The summed E-state index contributed by atoms with van der Waals surface area (Å²) in [6.07, 6.45) is 0. The zero-order valence-electron chi connectivity index (χ0n) is 14.9. The van der Waals surface area contributed by atoms with E-state index < -0.39 is 0 Å². The molecule has 0 aliphatic carbocycles. The van der Waals surface area contributed by atoms with Crippen molar-refractivity contribution >= 4 is 17.5 Å². The van der Waals surface area contributed by atoms with Crippen LogP contribution < -0.4 is 14.8 Å². The molecule has 0 aliphatic rings. The van der Waals surface area contributed by atoms with Crippen LogP contribution in [0.2, 0.25) is 5.02 Å². The lowest BCUT2D eigenvalue weighted by Crippen LogP contribution is -2.34. The fraction of sp³-hybridized carbons (Fsp3) is 0.316. The predicted octanol–water partition coefficient (Wildman–Crippen LogP) is 3.39. The highest BCUT2D eigenvalue weighted by Gasteiger charge is 2.18. The summed E-state index contributed by atoms with van der Waals surface area (Å²) in [7, 11) is 7.10. The first-order valence-electron chi connectivity index (χ1n) is 7.88. The Bertz CT molecular complexity index is 734. The average molecular weight is 363 g/mol. The lowest BCUT2D eigenvalue weighted by atomic mass is 10.1. The highest BCUT2D eigenvalue weighted by atomic mass is 35.5. The van der Waals surface area contributed by atoms with E-state index in [0.29, 0.717) is 22.9 Å². The fourth-order valence-electron chi connectivity index (χ4n) is 2.59. The zero-order valence-corrected chi connectivity index (χ0v) is 15.6. The number of likely N-dealkylation sites (N-methyl/N-ethyl adjacent to an activating group) is 1. The van der Waals surface area contributed by atoms with E-state index >= 15 is 0 Å². The highest BCUT2D eigenvalue weighted by Crippen LogP contribution is 2.24. The maximum Gasteiger partial charge on any atom is 0.255 e. The summed E-state index contributed by atoms with van der Waals surface area (Å²) < 4.78 is 10.5. The van der Waals surface area contributed by atoms with Crippen molar-refractivity contribution in [2.24, 2.45) is 0 Å². The van der Waals surface area contributed by atoms with Gasteiger partial charge in [0.1, 0.15) is 11.5 Å². The maximum absolute atomic E-state index is 12.6. The highest BCUT2D eigenvalue weighted by molar-refractivity contribution is 6.31. The smallest absolute Gasteiger partial charge is 0.255 e. The van der Waals surface area contributed by atoms with Gasteiger partial charge in [0.25, 0.3) is 5.91 Å². The van der Waals surface area contributed by atoms with Gasteiger partial charge in [-0.25, -0.2) is 0 Å². The Balaban J connectivity index is 2.16. The molecule has 0 bridgehead atoms. The van der Waals surface area contributed by atoms with Crippen LogP contribution in [0.5, 0.6) is 11.5 Å². The summed E-state index contributed by atoms with van der Waals surface area (Å²) in [5.74, 6) is 1.05. The van der Waals surface area contributed by atoms with Gasteiger partial charge in [-0.3, -0.25) is 4.79 Å². The Hall–Kier alpha value is -2.24. The fourth-order valence-corrected chi connectivity index (χ4v) is 2.76. The minimum Gasteiger partial charge on any atom is -0.497 e. The predicted molar refractivity (Wildman–Crippen MR) is 99.8 cm³/mol. The number of nitrogens with zero attached hydrogens (tertiary/aromatic N) is 1. The molecule has 1 unspecified atom stereocenters. The molecule has 2 aromatic carbocycles. The zero-order chi connectivity index (χ0) is 18.4. The van der Waals surface area contributed by atoms with Crippen molar-refractivity contribution in [1.29, 1.82) is 0 Å². The number of carbonyl (C=O) groups is 1. The van der Waals surface area contributed by atoms with Crippen molar-refractivity contribution in [2.45, 2.75) is 6.04 Å². The first-order chi connectivity index (χ1) is 12.0. The second kappa shape index (κ2) is 8.74. The van der Waals surface area contributed by atoms with Gasteiger partial charge in [0.15, 0.2) is 0 Å². The number of carbonyl (C=O) groups excluding carboxylic acids is 1. The molecule has 134 valence electrons. The van der Waals surface area contributed by atoms with E-state index in [1.54, 1.807) is 25.3 Å². The molecule has 0 aromatic heterocycles. The molecule has 0 spiro atoms. The lowest BCUT2D eigenvalue weighted by molar-refractivity contribution is 0.0939. The number of nitrogens with one attached hydrogen (secondary N) is 1. The molecule has 2 aromatic rings. The minimum atomic E-state index is -0.228. The monoisotopic (exact) mass is 362 g/mol. The molecule has 1 atom stereocenters. The van der Waals surface area contributed by atoms with Gasteiger partial charge in [-0.05, 0) is 50.0 Å². The quantitative estimate of drug-likeness (QED) is 0.820. The van der Waals surface area contributed by atoms with Gasteiger partial charge in [0.05, 0.1) is 25.8 Å². The molecule has 0 saturated heterocycles. The van der Waals surface area contributed by atoms with E-state index in [2.05, 4.69) is 5.32 Å². The van der Waals surface area contributed by atoms with Gasteiger partial charge in [-0.15, -0.1) is 0 Å². The summed E-state index contributed by atoms with van der Waals surface area (Å²) in [5, 5.41) is 3.45.